The highest BCUT2D eigenvalue weighted by Gasteiger charge is 2.26. The van der Waals surface area contributed by atoms with Crippen LogP contribution in [0.3, 0.4) is 0 Å². The molecule has 0 spiro atoms. The number of aliphatic hydroxyl groups is 1. The van der Waals surface area contributed by atoms with E-state index in [4.69, 9.17) is 18.4 Å². The van der Waals surface area contributed by atoms with E-state index in [1.807, 2.05) is 58.0 Å². The van der Waals surface area contributed by atoms with Gasteiger partial charge in [0.1, 0.15) is 47.1 Å². The maximum Gasteiger partial charge on any atom is 0.133 e. The van der Waals surface area contributed by atoms with Crippen molar-refractivity contribution in [1.29, 1.82) is 0 Å². The average molecular weight is 302 g/mol. The molecule has 0 aromatic carbocycles. The van der Waals surface area contributed by atoms with Gasteiger partial charge >= 0.3 is 0 Å². The molecule has 4 nitrogen and oxygen atoms in total. The summed E-state index contributed by atoms with van der Waals surface area (Å²) in [4.78, 5) is 0. The lowest BCUT2D eigenvalue weighted by molar-refractivity contribution is 0.241. The fourth-order valence-electron chi connectivity index (χ4n) is 2.27. The predicted molar refractivity (Wildman–Crippen MR) is 83.8 cm³/mol. The number of furan rings is 3. The number of rotatable bonds is 4. The van der Waals surface area contributed by atoms with Gasteiger partial charge in [0.05, 0.1) is 0 Å². The van der Waals surface area contributed by atoms with E-state index < -0.39 is 0 Å². The van der Waals surface area contributed by atoms with E-state index in [2.05, 4.69) is 0 Å². The van der Waals surface area contributed by atoms with Crippen LogP contribution in [0.25, 0.3) is 0 Å². The van der Waals surface area contributed by atoms with Crippen LogP contribution in [-0.4, -0.2) is 5.11 Å². The average Bonchev–Trinajstić information content (AvgIpc) is 3.25. The molecule has 0 aliphatic carbocycles. The third-order valence-corrected chi connectivity index (χ3v) is 3.21. The van der Waals surface area contributed by atoms with Crippen LogP contribution in [0, 0.1) is 13.8 Å². The molecule has 0 aliphatic heterocycles. The van der Waals surface area contributed by atoms with E-state index in [9.17, 15) is 0 Å². The molecule has 118 valence electrons. The molecule has 22 heavy (non-hydrogen) atoms. The van der Waals surface area contributed by atoms with Crippen LogP contribution >= 0.6 is 0 Å². The summed E-state index contributed by atoms with van der Waals surface area (Å²) in [6.07, 6.45) is 0. The summed E-state index contributed by atoms with van der Waals surface area (Å²) in [6.45, 7) is 7.67. The van der Waals surface area contributed by atoms with E-state index >= 15 is 0 Å². The van der Waals surface area contributed by atoms with Crippen molar-refractivity contribution in [3.8, 4) is 0 Å². The highest BCUT2D eigenvalue weighted by atomic mass is 16.4. The number of hydrogen-bond donors (Lipinski definition) is 1. The van der Waals surface area contributed by atoms with Crippen molar-refractivity contribution >= 4 is 0 Å². The van der Waals surface area contributed by atoms with Gasteiger partial charge in [0.2, 0.25) is 0 Å². The Hall–Kier alpha value is -2.20. The van der Waals surface area contributed by atoms with Gasteiger partial charge in [-0.05, 0) is 50.2 Å². The Labute approximate surface area is 130 Å². The Morgan fingerprint density at radius 2 is 1.23 bits per heavy atom. The second kappa shape index (κ2) is 7.18. The summed E-state index contributed by atoms with van der Waals surface area (Å²) >= 11 is 0. The van der Waals surface area contributed by atoms with Crippen molar-refractivity contribution in [2.24, 2.45) is 0 Å². The van der Waals surface area contributed by atoms with Crippen LogP contribution in [0.4, 0.5) is 0 Å². The van der Waals surface area contributed by atoms with Crippen molar-refractivity contribution in [2.75, 3.05) is 0 Å². The van der Waals surface area contributed by atoms with Gasteiger partial charge in [0.15, 0.2) is 0 Å². The molecular weight excluding hydrogens is 280 g/mol. The minimum absolute atomic E-state index is 0.124. The Bertz CT molecular complexity index is 662. The third kappa shape index (κ3) is 3.34. The quantitative estimate of drug-likeness (QED) is 0.753. The van der Waals surface area contributed by atoms with Gasteiger partial charge in [-0.3, -0.25) is 0 Å². The standard InChI is InChI=1S/C16H16O4.C2H6/c1-10-3-6-13(18-10)16(14-7-4-11(2)19-14)15-8-5-12(9-17)20-15;1-2/h3-8,16-17H,9H2,1-2H3;1-2H3. The predicted octanol–water partition coefficient (Wildman–Crippen LogP) is 4.78. The van der Waals surface area contributed by atoms with Crippen LogP contribution in [0.2, 0.25) is 0 Å². The molecule has 0 bridgehead atoms. The fourth-order valence-corrected chi connectivity index (χ4v) is 2.27. The van der Waals surface area contributed by atoms with Crippen LogP contribution in [0.1, 0.15) is 54.3 Å². The number of aliphatic hydroxyl groups excluding tert-OH is 1. The van der Waals surface area contributed by atoms with Gasteiger partial charge in [0, 0.05) is 0 Å². The summed E-state index contributed by atoms with van der Waals surface area (Å²) in [7, 11) is 0. The lowest BCUT2D eigenvalue weighted by Gasteiger charge is -2.09. The second-order valence-corrected chi connectivity index (χ2v) is 4.79. The maximum absolute atomic E-state index is 9.14. The minimum atomic E-state index is -0.238. The first-order valence-corrected chi connectivity index (χ1v) is 7.49. The molecule has 3 aromatic rings. The molecule has 0 unspecified atom stereocenters. The molecule has 0 atom stereocenters. The second-order valence-electron chi connectivity index (χ2n) is 4.79. The first-order chi connectivity index (χ1) is 10.7. The van der Waals surface area contributed by atoms with Gasteiger partial charge in [-0.15, -0.1) is 0 Å². The largest absolute Gasteiger partial charge is 0.465 e. The van der Waals surface area contributed by atoms with E-state index in [0.717, 1.165) is 23.0 Å². The highest BCUT2D eigenvalue weighted by molar-refractivity contribution is 5.32. The van der Waals surface area contributed by atoms with E-state index in [-0.39, 0.29) is 12.5 Å². The Morgan fingerprint density at radius 1 is 0.773 bits per heavy atom. The van der Waals surface area contributed by atoms with Crippen molar-refractivity contribution in [3.63, 3.8) is 0 Å². The molecule has 0 aliphatic rings. The zero-order chi connectivity index (χ0) is 16.1. The molecule has 3 heterocycles. The van der Waals surface area contributed by atoms with E-state index in [1.54, 1.807) is 6.07 Å². The molecule has 0 amide bonds. The monoisotopic (exact) mass is 302 g/mol. The molecule has 3 aromatic heterocycles. The van der Waals surface area contributed by atoms with Crippen LogP contribution in [0.5, 0.6) is 0 Å². The lowest BCUT2D eigenvalue weighted by atomic mass is 10.0. The lowest BCUT2D eigenvalue weighted by Crippen LogP contribution is -1.99. The first-order valence-electron chi connectivity index (χ1n) is 7.49. The molecule has 0 radical (unpaired) electrons. The van der Waals surface area contributed by atoms with Crippen LogP contribution < -0.4 is 0 Å². The zero-order valence-electron chi connectivity index (χ0n) is 13.4. The Morgan fingerprint density at radius 3 is 1.59 bits per heavy atom. The third-order valence-electron chi connectivity index (χ3n) is 3.21. The van der Waals surface area contributed by atoms with Crippen molar-refractivity contribution in [1.82, 2.24) is 0 Å². The van der Waals surface area contributed by atoms with Crippen LogP contribution in [0.15, 0.2) is 49.6 Å². The molecule has 0 saturated carbocycles. The molecular formula is C18H22O4. The zero-order valence-corrected chi connectivity index (χ0v) is 13.4. The SMILES string of the molecule is CC.Cc1ccc(C(c2ccc(C)o2)c2ccc(CO)o2)o1. The van der Waals surface area contributed by atoms with Gasteiger partial charge < -0.3 is 18.4 Å². The smallest absolute Gasteiger partial charge is 0.133 e. The number of aryl methyl sites for hydroxylation is 2. The van der Waals surface area contributed by atoms with E-state index in [1.165, 1.54) is 0 Å². The molecule has 1 N–H and O–H groups in total. The number of hydrogen-bond acceptors (Lipinski definition) is 4. The van der Waals surface area contributed by atoms with Crippen molar-refractivity contribution in [3.05, 3.63) is 71.0 Å². The summed E-state index contributed by atoms with van der Waals surface area (Å²) in [5.74, 6) is 4.17. The minimum Gasteiger partial charge on any atom is -0.465 e. The van der Waals surface area contributed by atoms with Gasteiger partial charge in [0.25, 0.3) is 0 Å². The summed E-state index contributed by atoms with van der Waals surface area (Å²) in [5, 5.41) is 9.14. The molecule has 4 heteroatoms. The van der Waals surface area contributed by atoms with Crippen molar-refractivity contribution in [2.45, 2.75) is 40.2 Å². The van der Waals surface area contributed by atoms with Gasteiger partial charge in [-0.2, -0.15) is 0 Å². The summed E-state index contributed by atoms with van der Waals surface area (Å²) in [6, 6.07) is 11.2. The van der Waals surface area contributed by atoms with Crippen molar-refractivity contribution < 1.29 is 18.4 Å². The summed E-state index contributed by atoms with van der Waals surface area (Å²) < 4.78 is 17.1. The van der Waals surface area contributed by atoms with E-state index in [0.29, 0.717) is 11.5 Å². The highest BCUT2D eigenvalue weighted by Crippen LogP contribution is 2.35. The molecule has 0 saturated heterocycles. The molecule has 0 fully saturated rings. The summed E-state index contributed by atoms with van der Waals surface area (Å²) in [5.41, 5.74) is 0. The topological polar surface area (TPSA) is 59.7 Å². The van der Waals surface area contributed by atoms with Gasteiger partial charge in [-0.1, -0.05) is 13.8 Å². The Balaban J connectivity index is 0.000000847. The van der Waals surface area contributed by atoms with Crippen LogP contribution in [-0.2, 0) is 6.61 Å². The van der Waals surface area contributed by atoms with Gasteiger partial charge in [-0.25, -0.2) is 0 Å². The normalized spacial score (nSPS) is 10.6. The first kappa shape index (κ1) is 16.2. The molecule has 3 rings (SSSR count). The fraction of sp³-hybridized carbons (Fsp3) is 0.333. The Kier molecular flexibility index (Phi) is 5.28. The maximum atomic E-state index is 9.14.